The highest BCUT2D eigenvalue weighted by Gasteiger charge is 2.42. The van der Waals surface area contributed by atoms with E-state index in [1.54, 1.807) is 29.2 Å². The second kappa shape index (κ2) is 6.13. The molecule has 2 saturated heterocycles. The molecule has 2 fully saturated rings. The fourth-order valence-corrected chi connectivity index (χ4v) is 4.53. The Bertz CT molecular complexity index is 511. The molecule has 2 aliphatic heterocycles. The van der Waals surface area contributed by atoms with Crippen LogP contribution in [0.25, 0.3) is 0 Å². The predicted octanol–water partition coefficient (Wildman–Crippen LogP) is 2.25. The molecule has 2 unspecified atom stereocenters. The molecule has 0 aliphatic carbocycles. The summed E-state index contributed by atoms with van der Waals surface area (Å²) in [5, 5.41) is -0.111. The summed E-state index contributed by atoms with van der Waals surface area (Å²) < 4.78 is 5.12. The Morgan fingerprint density at radius 3 is 2.67 bits per heavy atom. The minimum atomic E-state index is -0.342. The highest BCUT2D eigenvalue weighted by Crippen LogP contribution is 2.42. The fourth-order valence-electron chi connectivity index (χ4n) is 3.08. The largest absolute Gasteiger partial charge is 0.472 e. The van der Waals surface area contributed by atoms with E-state index in [4.69, 9.17) is 4.42 Å². The first kappa shape index (κ1) is 14.5. The van der Waals surface area contributed by atoms with Gasteiger partial charge >= 0.3 is 0 Å². The lowest BCUT2D eigenvalue weighted by atomic mass is 10.1. The summed E-state index contributed by atoms with van der Waals surface area (Å²) in [7, 11) is 0. The standard InChI is InChI=1S/C15H20N2O3S/c1-11(18)17-13(14(19)16-6-3-2-4-7-16)10-21-15(17)12-5-8-20-9-12/h5,8-9,13,15H,2-4,6-7,10H2,1H3. The Morgan fingerprint density at radius 1 is 1.29 bits per heavy atom. The minimum Gasteiger partial charge on any atom is -0.472 e. The number of piperidine rings is 1. The van der Waals surface area contributed by atoms with Gasteiger partial charge in [-0.1, -0.05) is 0 Å². The molecule has 0 bridgehead atoms. The monoisotopic (exact) mass is 308 g/mol. The molecule has 0 radical (unpaired) electrons. The Balaban J connectivity index is 1.78. The van der Waals surface area contributed by atoms with Crippen molar-refractivity contribution in [2.75, 3.05) is 18.8 Å². The third-order valence-electron chi connectivity index (χ3n) is 4.15. The second-order valence-electron chi connectivity index (χ2n) is 5.57. The Labute approximate surface area is 128 Å². The van der Waals surface area contributed by atoms with Crippen molar-refractivity contribution in [1.29, 1.82) is 0 Å². The van der Waals surface area contributed by atoms with Crippen LogP contribution in [0.5, 0.6) is 0 Å². The second-order valence-corrected chi connectivity index (χ2v) is 6.68. The number of rotatable bonds is 2. The van der Waals surface area contributed by atoms with Gasteiger partial charge in [0.2, 0.25) is 11.8 Å². The number of carbonyl (C=O) groups excluding carboxylic acids is 2. The van der Waals surface area contributed by atoms with E-state index in [-0.39, 0.29) is 23.2 Å². The van der Waals surface area contributed by atoms with Gasteiger partial charge in [-0.05, 0) is 25.3 Å². The Hall–Kier alpha value is -1.43. The summed E-state index contributed by atoms with van der Waals surface area (Å²) in [6.45, 7) is 3.18. The molecule has 21 heavy (non-hydrogen) atoms. The number of hydrogen-bond donors (Lipinski definition) is 0. The lowest BCUT2D eigenvalue weighted by molar-refractivity contribution is -0.144. The van der Waals surface area contributed by atoms with Gasteiger partial charge in [0.25, 0.3) is 0 Å². The van der Waals surface area contributed by atoms with Crippen LogP contribution in [0, 0.1) is 0 Å². The van der Waals surface area contributed by atoms with Gasteiger partial charge in [0.05, 0.1) is 12.5 Å². The Kier molecular flexibility index (Phi) is 4.24. The van der Waals surface area contributed by atoms with Crippen LogP contribution in [0.3, 0.4) is 0 Å². The molecule has 1 aromatic rings. The number of thioether (sulfide) groups is 1. The molecule has 2 amide bonds. The molecule has 0 N–H and O–H groups in total. The quantitative estimate of drug-likeness (QED) is 0.841. The first-order valence-corrected chi connectivity index (χ1v) is 8.45. The molecule has 5 nitrogen and oxygen atoms in total. The molecule has 6 heteroatoms. The van der Waals surface area contributed by atoms with E-state index in [0.717, 1.165) is 31.5 Å². The average Bonchev–Trinajstić information content (AvgIpc) is 3.16. The third kappa shape index (κ3) is 2.81. The molecular formula is C15H20N2O3S. The van der Waals surface area contributed by atoms with Crippen LogP contribution in [0.2, 0.25) is 0 Å². The zero-order valence-electron chi connectivity index (χ0n) is 12.2. The van der Waals surface area contributed by atoms with E-state index >= 15 is 0 Å². The van der Waals surface area contributed by atoms with Crippen LogP contribution in [-0.4, -0.2) is 46.5 Å². The molecule has 0 saturated carbocycles. The van der Waals surface area contributed by atoms with Crippen LogP contribution >= 0.6 is 11.8 Å². The summed E-state index contributed by atoms with van der Waals surface area (Å²) in [6.07, 6.45) is 6.58. The van der Waals surface area contributed by atoms with Crippen molar-refractivity contribution in [2.24, 2.45) is 0 Å². The van der Waals surface area contributed by atoms with Gasteiger partial charge in [-0.25, -0.2) is 0 Å². The fraction of sp³-hybridized carbons (Fsp3) is 0.600. The van der Waals surface area contributed by atoms with Crippen LogP contribution in [0.4, 0.5) is 0 Å². The van der Waals surface area contributed by atoms with Crippen molar-refractivity contribution >= 4 is 23.6 Å². The summed E-state index contributed by atoms with van der Waals surface area (Å²) in [4.78, 5) is 28.4. The molecule has 0 spiro atoms. The summed E-state index contributed by atoms with van der Waals surface area (Å²) >= 11 is 1.63. The van der Waals surface area contributed by atoms with Crippen LogP contribution in [-0.2, 0) is 9.59 Å². The number of hydrogen-bond acceptors (Lipinski definition) is 4. The smallest absolute Gasteiger partial charge is 0.246 e. The van der Waals surface area contributed by atoms with Gasteiger partial charge in [0.15, 0.2) is 0 Å². The molecule has 2 atom stereocenters. The number of carbonyl (C=O) groups is 2. The first-order valence-electron chi connectivity index (χ1n) is 7.40. The highest BCUT2D eigenvalue weighted by atomic mass is 32.2. The highest BCUT2D eigenvalue weighted by molar-refractivity contribution is 7.99. The first-order chi connectivity index (χ1) is 10.2. The van der Waals surface area contributed by atoms with Crippen molar-refractivity contribution in [3.63, 3.8) is 0 Å². The summed E-state index contributed by atoms with van der Waals surface area (Å²) in [6, 6.07) is 1.52. The van der Waals surface area contributed by atoms with Gasteiger partial charge in [0.1, 0.15) is 11.4 Å². The summed E-state index contributed by atoms with van der Waals surface area (Å²) in [5.74, 6) is 0.704. The van der Waals surface area contributed by atoms with Crippen LogP contribution in [0.1, 0.15) is 37.1 Å². The number of nitrogens with zero attached hydrogens (tertiary/aromatic N) is 2. The number of furan rings is 1. The molecule has 3 heterocycles. The van der Waals surface area contributed by atoms with E-state index in [1.807, 2.05) is 11.0 Å². The normalized spacial score (nSPS) is 26.1. The minimum absolute atomic E-state index is 0.0541. The molecule has 2 aliphatic rings. The van der Waals surface area contributed by atoms with Gasteiger partial charge in [-0.3, -0.25) is 9.59 Å². The third-order valence-corrected chi connectivity index (χ3v) is 5.47. The van der Waals surface area contributed by atoms with E-state index in [1.165, 1.54) is 13.3 Å². The van der Waals surface area contributed by atoms with Gasteiger partial charge in [-0.2, -0.15) is 0 Å². The maximum Gasteiger partial charge on any atom is 0.246 e. The van der Waals surface area contributed by atoms with Crippen LogP contribution < -0.4 is 0 Å². The zero-order valence-corrected chi connectivity index (χ0v) is 13.0. The van der Waals surface area contributed by atoms with Gasteiger partial charge in [-0.15, -0.1) is 11.8 Å². The van der Waals surface area contributed by atoms with Crippen molar-refractivity contribution < 1.29 is 14.0 Å². The zero-order chi connectivity index (χ0) is 14.8. The topological polar surface area (TPSA) is 53.8 Å². The number of likely N-dealkylation sites (tertiary alicyclic amines) is 1. The number of amides is 2. The molecule has 0 aromatic carbocycles. The lowest BCUT2D eigenvalue weighted by Crippen LogP contribution is -2.50. The van der Waals surface area contributed by atoms with Crippen LogP contribution in [0.15, 0.2) is 23.0 Å². The van der Waals surface area contributed by atoms with E-state index in [0.29, 0.717) is 5.75 Å². The van der Waals surface area contributed by atoms with E-state index in [2.05, 4.69) is 0 Å². The SMILES string of the molecule is CC(=O)N1C(C(=O)N2CCCCC2)CSC1c1ccoc1. The van der Waals surface area contributed by atoms with E-state index < -0.39 is 0 Å². The molecular weight excluding hydrogens is 288 g/mol. The lowest BCUT2D eigenvalue weighted by Gasteiger charge is -2.33. The predicted molar refractivity (Wildman–Crippen MR) is 80.6 cm³/mol. The maximum absolute atomic E-state index is 12.7. The van der Waals surface area contributed by atoms with Crippen molar-refractivity contribution in [1.82, 2.24) is 9.80 Å². The van der Waals surface area contributed by atoms with Crippen molar-refractivity contribution in [3.8, 4) is 0 Å². The molecule has 1 aromatic heterocycles. The van der Waals surface area contributed by atoms with Crippen molar-refractivity contribution in [3.05, 3.63) is 24.2 Å². The van der Waals surface area contributed by atoms with E-state index in [9.17, 15) is 9.59 Å². The van der Waals surface area contributed by atoms with Crippen molar-refractivity contribution in [2.45, 2.75) is 37.6 Å². The average molecular weight is 308 g/mol. The molecule has 114 valence electrons. The maximum atomic E-state index is 12.7. The van der Waals surface area contributed by atoms with Gasteiger partial charge < -0.3 is 14.2 Å². The Morgan fingerprint density at radius 2 is 2.05 bits per heavy atom. The summed E-state index contributed by atoms with van der Waals surface area (Å²) in [5.41, 5.74) is 0.948. The molecule has 3 rings (SSSR count). The van der Waals surface area contributed by atoms with Gasteiger partial charge in [0, 0.05) is 31.3 Å².